The fourth-order valence-corrected chi connectivity index (χ4v) is 1.06. The Labute approximate surface area is 79.9 Å². The van der Waals surface area contributed by atoms with E-state index in [1.165, 1.54) is 6.08 Å². The summed E-state index contributed by atoms with van der Waals surface area (Å²) in [6, 6.07) is -1.45. The van der Waals surface area contributed by atoms with Gasteiger partial charge in [-0.1, -0.05) is 6.08 Å². The van der Waals surface area contributed by atoms with Crippen LogP contribution in [0.2, 0.25) is 0 Å². The highest BCUT2D eigenvalue weighted by Crippen LogP contribution is 2.03. The van der Waals surface area contributed by atoms with Gasteiger partial charge in [-0.25, -0.2) is 9.59 Å². The minimum Gasteiger partial charge on any atom is -0.352 e. The molecule has 1 fully saturated rings. The number of carbonyl (C=O) groups excluding carboxylic acids is 3. The number of hydrogen-bond donors (Lipinski definition) is 3. The minimum absolute atomic E-state index is 0.0988. The van der Waals surface area contributed by atoms with Crippen LogP contribution in [0.5, 0.6) is 0 Å². The second-order valence-corrected chi connectivity index (χ2v) is 2.63. The maximum absolute atomic E-state index is 11.4. The third kappa shape index (κ3) is 1.82. The predicted molar refractivity (Wildman–Crippen MR) is 46.9 cm³/mol. The van der Waals surface area contributed by atoms with Gasteiger partial charge < -0.3 is 16.4 Å². The van der Waals surface area contributed by atoms with Gasteiger partial charge in [0.05, 0.1) is 0 Å². The second-order valence-electron chi connectivity index (χ2n) is 2.63. The van der Waals surface area contributed by atoms with Crippen molar-refractivity contribution < 1.29 is 14.4 Å². The van der Waals surface area contributed by atoms with E-state index in [9.17, 15) is 14.4 Å². The van der Waals surface area contributed by atoms with E-state index in [1.807, 2.05) is 0 Å². The van der Waals surface area contributed by atoms with Gasteiger partial charge in [0, 0.05) is 6.54 Å². The van der Waals surface area contributed by atoms with E-state index < -0.39 is 24.1 Å². The van der Waals surface area contributed by atoms with Crippen LogP contribution in [0.3, 0.4) is 0 Å². The van der Waals surface area contributed by atoms with E-state index in [0.29, 0.717) is 0 Å². The number of urea groups is 2. The van der Waals surface area contributed by atoms with Crippen molar-refractivity contribution in [1.82, 2.24) is 15.5 Å². The highest BCUT2D eigenvalue weighted by atomic mass is 16.2. The zero-order valence-corrected chi connectivity index (χ0v) is 7.32. The van der Waals surface area contributed by atoms with Crippen molar-refractivity contribution in [1.29, 1.82) is 0 Å². The molecule has 7 nitrogen and oxygen atoms in total. The van der Waals surface area contributed by atoms with Gasteiger partial charge in [-0.3, -0.25) is 9.69 Å². The molecule has 1 aliphatic heterocycles. The zero-order chi connectivity index (χ0) is 10.7. The molecule has 0 aromatic heterocycles. The van der Waals surface area contributed by atoms with Crippen molar-refractivity contribution in [2.45, 2.75) is 6.17 Å². The number of amides is 5. The molecule has 14 heavy (non-hydrogen) atoms. The SMILES string of the molecule is C=CCN1C(=O)NC(NC(N)=O)C1=O. The predicted octanol–water partition coefficient (Wildman–Crippen LogP) is -1.28. The molecule has 76 valence electrons. The second kappa shape index (κ2) is 3.77. The maximum Gasteiger partial charge on any atom is 0.326 e. The van der Waals surface area contributed by atoms with Crippen LogP contribution >= 0.6 is 0 Å². The summed E-state index contributed by atoms with van der Waals surface area (Å²) in [5.41, 5.74) is 4.81. The summed E-state index contributed by atoms with van der Waals surface area (Å²) in [6.07, 6.45) is 0.337. The number of hydrogen-bond acceptors (Lipinski definition) is 3. The molecule has 0 bridgehead atoms. The van der Waals surface area contributed by atoms with Crippen LogP contribution in [-0.2, 0) is 4.79 Å². The summed E-state index contributed by atoms with van der Waals surface area (Å²) >= 11 is 0. The van der Waals surface area contributed by atoms with Gasteiger partial charge in [0.1, 0.15) is 0 Å². The first kappa shape index (κ1) is 10.0. The molecule has 1 aliphatic rings. The summed E-state index contributed by atoms with van der Waals surface area (Å²) < 4.78 is 0. The van der Waals surface area contributed by atoms with E-state index in [4.69, 9.17) is 5.73 Å². The number of nitrogens with two attached hydrogens (primary N) is 1. The van der Waals surface area contributed by atoms with Gasteiger partial charge in [0.15, 0.2) is 6.17 Å². The molecule has 0 aliphatic carbocycles. The van der Waals surface area contributed by atoms with E-state index in [1.54, 1.807) is 0 Å². The highest BCUT2D eigenvalue weighted by molar-refractivity contribution is 6.05. The quantitative estimate of drug-likeness (QED) is 0.388. The number of imide groups is 1. The summed E-state index contributed by atoms with van der Waals surface area (Å²) in [6.45, 7) is 3.49. The lowest BCUT2D eigenvalue weighted by Gasteiger charge is -2.09. The third-order valence-corrected chi connectivity index (χ3v) is 1.62. The molecule has 0 aromatic rings. The summed E-state index contributed by atoms with van der Waals surface area (Å²) in [5, 5.41) is 4.34. The van der Waals surface area contributed by atoms with Crippen LogP contribution in [0, 0.1) is 0 Å². The smallest absolute Gasteiger partial charge is 0.326 e. The largest absolute Gasteiger partial charge is 0.352 e. The van der Waals surface area contributed by atoms with Crippen LogP contribution < -0.4 is 16.4 Å². The molecule has 1 atom stereocenters. The number of carbonyl (C=O) groups is 3. The lowest BCUT2D eigenvalue weighted by Crippen LogP contribution is -2.48. The number of nitrogens with one attached hydrogen (secondary N) is 2. The van der Waals surface area contributed by atoms with Crippen molar-refractivity contribution in [3.8, 4) is 0 Å². The molecule has 7 heteroatoms. The van der Waals surface area contributed by atoms with Gasteiger partial charge in [-0.2, -0.15) is 0 Å². The highest BCUT2D eigenvalue weighted by Gasteiger charge is 2.37. The Morgan fingerprint density at radius 3 is 2.86 bits per heavy atom. The number of rotatable bonds is 3. The van der Waals surface area contributed by atoms with Gasteiger partial charge in [0.25, 0.3) is 5.91 Å². The first-order chi connectivity index (χ1) is 6.56. The molecule has 1 saturated heterocycles. The monoisotopic (exact) mass is 198 g/mol. The number of nitrogens with zero attached hydrogens (tertiary/aromatic N) is 1. The average Bonchev–Trinajstić information content (AvgIpc) is 2.32. The van der Waals surface area contributed by atoms with E-state index in [0.717, 1.165) is 4.90 Å². The van der Waals surface area contributed by atoms with Crippen LogP contribution in [0.1, 0.15) is 0 Å². The summed E-state index contributed by atoms with van der Waals surface area (Å²) in [7, 11) is 0. The molecule has 5 amide bonds. The van der Waals surface area contributed by atoms with E-state index >= 15 is 0 Å². The lowest BCUT2D eigenvalue weighted by atomic mass is 10.4. The molecular formula is C7H10N4O3. The van der Waals surface area contributed by atoms with Gasteiger partial charge in [-0.05, 0) is 0 Å². The Kier molecular flexibility index (Phi) is 2.70. The van der Waals surface area contributed by atoms with Crippen molar-refractivity contribution >= 4 is 18.0 Å². The van der Waals surface area contributed by atoms with Gasteiger partial charge in [0.2, 0.25) is 0 Å². The summed E-state index contributed by atoms with van der Waals surface area (Å²) in [4.78, 5) is 33.9. The first-order valence-electron chi connectivity index (χ1n) is 3.85. The Morgan fingerprint density at radius 2 is 2.36 bits per heavy atom. The number of primary amides is 1. The first-order valence-corrected chi connectivity index (χ1v) is 3.85. The van der Waals surface area contributed by atoms with Crippen LogP contribution in [0.15, 0.2) is 12.7 Å². The summed E-state index contributed by atoms with van der Waals surface area (Å²) in [5.74, 6) is -0.547. The van der Waals surface area contributed by atoms with Crippen LogP contribution in [-0.4, -0.2) is 35.6 Å². The molecule has 4 N–H and O–H groups in total. The minimum atomic E-state index is -1.07. The van der Waals surface area contributed by atoms with Crippen molar-refractivity contribution in [2.75, 3.05) is 6.54 Å². The van der Waals surface area contributed by atoms with E-state index in [2.05, 4.69) is 17.2 Å². The molecule has 1 rings (SSSR count). The molecule has 0 spiro atoms. The van der Waals surface area contributed by atoms with Crippen LogP contribution in [0.25, 0.3) is 0 Å². The normalized spacial score (nSPS) is 20.6. The van der Waals surface area contributed by atoms with Gasteiger partial charge >= 0.3 is 12.1 Å². The van der Waals surface area contributed by atoms with E-state index in [-0.39, 0.29) is 6.54 Å². The zero-order valence-electron chi connectivity index (χ0n) is 7.32. The molecule has 0 aromatic carbocycles. The molecule has 0 radical (unpaired) electrons. The Balaban J connectivity index is 2.68. The van der Waals surface area contributed by atoms with Crippen LogP contribution in [0.4, 0.5) is 9.59 Å². The fraction of sp³-hybridized carbons (Fsp3) is 0.286. The average molecular weight is 198 g/mol. The lowest BCUT2D eigenvalue weighted by molar-refractivity contribution is -0.127. The van der Waals surface area contributed by atoms with Crippen molar-refractivity contribution in [2.24, 2.45) is 5.73 Å². The van der Waals surface area contributed by atoms with Crippen molar-refractivity contribution in [3.63, 3.8) is 0 Å². The Morgan fingerprint density at radius 1 is 1.71 bits per heavy atom. The topological polar surface area (TPSA) is 105 Å². The van der Waals surface area contributed by atoms with Crippen molar-refractivity contribution in [3.05, 3.63) is 12.7 Å². The Hall–Kier alpha value is -2.05. The maximum atomic E-state index is 11.4. The standard InChI is InChI=1S/C7H10N4O3/c1-2-3-11-5(12)4(9-6(8)13)10-7(11)14/h2,4H,1,3H2,(H,10,14)(H3,8,9,13). The third-order valence-electron chi connectivity index (χ3n) is 1.62. The molecular weight excluding hydrogens is 188 g/mol. The Bertz CT molecular complexity index is 301. The molecule has 0 saturated carbocycles. The molecule has 1 heterocycles. The van der Waals surface area contributed by atoms with Gasteiger partial charge in [-0.15, -0.1) is 6.58 Å². The fourth-order valence-electron chi connectivity index (χ4n) is 1.06. The molecule has 1 unspecified atom stereocenters.